The van der Waals surface area contributed by atoms with Crippen molar-refractivity contribution in [2.45, 2.75) is 6.61 Å². The lowest BCUT2D eigenvalue weighted by atomic mass is 10.1. The molecule has 0 bridgehead atoms. The van der Waals surface area contributed by atoms with Gasteiger partial charge in [0.15, 0.2) is 0 Å². The van der Waals surface area contributed by atoms with Gasteiger partial charge in [0.1, 0.15) is 12.4 Å². The Morgan fingerprint density at radius 1 is 1.15 bits per heavy atom. The Bertz CT molecular complexity index is 880. The van der Waals surface area contributed by atoms with Crippen molar-refractivity contribution in [1.29, 1.82) is 0 Å². The molecule has 6 heteroatoms. The van der Waals surface area contributed by atoms with E-state index < -0.39 is 0 Å². The minimum atomic E-state index is -0.311. The zero-order valence-electron chi connectivity index (χ0n) is 13.9. The van der Waals surface area contributed by atoms with E-state index in [1.165, 1.54) is 11.0 Å². The lowest BCUT2D eigenvalue weighted by Crippen LogP contribution is -2.27. The maximum absolute atomic E-state index is 12.4. The highest BCUT2D eigenvalue weighted by Crippen LogP contribution is 2.35. The van der Waals surface area contributed by atoms with E-state index in [0.717, 1.165) is 27.4 Å². The van der Waals surface area contributed by atoms with Gasteiger partial charge in [-0.1, -0.05) is 52.3 Å². The van der Waals surface area contributed by atoms with E-state index in [4.69, 9.17) is 4.74 Å². The molecule has 132 valence electrons. The van der Waals surface area contributed by atoms with Gasteiger partial charge < -0.3 is 4.74 Å². The number of carbonyl (C=O) groups excluding carboxylic acids is 2. The molecule has 0 N–H and O–H groups in total. The highest BCUT2D eigenvalue weighted by atomic mass is 79.9. The van der Waals surface area contributed by atoms with E-state index >= 15 is 0 Å². The topological polar surface area (TPSA) is 46.6 Å². The van der Waals surface area contributed by atoms with Crippen molar-refractivity contribution in [2.24, 2.45) is 0 Å². The number of amides is 2. The lowest BCUT2D eigenvalue weighted by molar-refractivity contribution is -0.122. The number of hydrogen-bond acceptors (Lipinski definition) is 4. The third-order valence-electron chi connectivity index (χ3n) is 3.68. The van der Waals surface area contributed by atoms with Crippen LogP contribution in [0.25, 0.3) is 6.08 Å². The van der Waals surface area contributed by atoms with Gasteiger partial charge >= 0.3 is 0 Å². The summed E-state index contributed by atoms with van der Waals surface area (Å²) in [7, 11) is 0. The van der Waals surface area contributed by atoms with Gasteiger partial charge in [-0.15, -0.1) is 6.58 Å². The zero-order valence-corrected chi connectivity index (χ0v) is 16.3. The molecule has 0 saturated carbocycles. The van der Waals surface area contributed by atoms with Crippen LogP contribution in [-0.4, -0.2) is 22.6 Å². The Hall–Kier alpha value is -2.31. The van der Waals surface area contributed by atoms with Crippen molar-refractivity contribution in [1.82, 2.24) is 4.90 Å². The second kappa shape index (κ2) is 8.38. The van der Waals surface area contributed by atoms with Crippen LogP contribution in [0.5, 0.6) is 5.75 Å². The van der Waals surface area contributed by atoms with Crippen molar-refractivity contribution in [3.8, 4) is 5.75 Å². The molecule has 26 heavy (non-hydrogen) atoms. The maximum Gasteiger partial charge on any atom is 0.293 e. The quantitative estimate of drug-likeness (QED) is 0.464. The predicted octanol–water partition coefficient (Wildman–Crippen LogP) is 5.25. The van der Waals surface area contributed by atoms with Gasteiger partial charge in [-0.3, -0.25) is 14.5 Å². The van der Waals surface area contributed by atoms with Gasteiger partial charge in [0.2, 0.25) is 0 Å². The predicted molar refractivity (Wildman–Crippen MR) is 108 cm³/mol. The van der Waals surface area contributed by atoms with Crippen LogP contribution in [0.1, 0.15) is 11.1 Å². The zero-order chi connectivity index (χ0) is 18.5. The highest BCUT2D eigenvalue weighted by molar-refractivity contribution is 9.10. The smallest absolute Gasteiger partial charge is 0.293 e. The lowest BCUT2D eigenvalue weighted by Gasteiger charge is -2.11. The summed E-state index contributed by atoms with van der Waals surface area (Å²) in [4.78, 5) is 25.9. The summed E-state index contributed by atoms with van der Waals surface area (Å²) in [5.41, 5.74) is 1.78. The van der Waals surface area contributed by atoms with Gasteiger partial charge in [0, 0.05) is 16.6 Å². The molecule has 0 unspecified atom stereocenters. The normalized spacial score (nSPS) is 15.6. The molecule has 2 amide bonds. The molecule has 1 heterocycles. The number of rotatable bonds is 6. The van der Waals surface area contributed by atoms with Gasteiger partial charge in [-0.2, -0.15) is 0 Å². The molecular formula is C20H16BrNO3S. The fraction of sp³-hybridized carbons (Fsp3) is 0.100. The van der Waals surface area contributed by atoms with Gasteiger partial charge in [0.05, 0.1) is 4.91 Å². The first-order valence-electron chi connectivity index (χ1n) is 7.91. The van der Waals surface area contributed by atoms with Crippen LogP contribution >= 0.6 is 27.7 Å². The van der Waals surface area contributed by atoms with E-state index in [2.05, 4.69) is 22.5 Å². The van der Waals surface area contributed by atoms with Crippen LogP contribution in [0.4, 0.5) is 4.79 Å². The first kappa shape index (κ1) is 18.5. The third-order valence-corrected chi connectivity index (χ3v) is 5.08. The summed E-state index contributed by atoms with van der Waals surface area (Å²) >= 11 is 4.36. The Labute approximate surface area is 164 Å². The maximum atomic E-state index is 12.4. The number of hydrogen-bond donors (Lipinski definition) is 0. The monoisotopic (exact) mass is 429 g/mol. The first-order valence-corrected chi connectivity index (χ1v) is 9.52. The Morgan fingerprint density at radius 2 is 1.92 bits per heavy atom. The van der Waals surface area contributed by atoms with E-state index in [1.807, 2.05) is 48.5 Å². The fourth-order valence-corrected chi connectivity index (χ4v) is 3.64. The van der Waals surface area contributed by atoms with Crippen LogP contribution in [0, 0.1) is 0 Å². The molecule has 1 aliphatic heterocycles. The molecule has 2 aromatic rings. The van der Waals surface area contributed by atoms with Gasteiger partial charge in [-0.05, 0) is 41.6 Å². The number of carbonyl (C=O) groups is 2. The Morgan fingerprint density at radius 3 is 2.65 bits per heavy atom. The minimum Gasteiger partial charge on any atom is -0.488 e. The van der Waals surface area contributed by atoms with E-state index in [1.54, 1.807) is 6.08 Å². The molecule has 1 aliphatic rings. The number of ether oxygens (including phenoxy) is 1. The van der Waals surface area contributed by atoms with Crippen molar-refractivity contribution in [2.75, 3.05) is 6.54 Å². The molecule has 1 fully saturated rings. The van der Waals surface area contributed by atoms with E-state index in [-0.39, 0.29) is 17.7 Å². The van der Waals surface area contributed by atoms with Crippen molar-refractivity contribution in [3.63, 3.8) is 0 Å². The minimum absolute atomic E-state index is 0.206. The molecule has 0 spiro atoms. The van der Waals surface area contributed by atoms with Crippen molar-refractivity contribution < 1.29 is 14.3 Å². The Kier molecular flexibility index (Phi) is 5.96. The van der Waals surface area contributed by atoms with E-state index in [9.17, 15) is 9.59 Å². The molecular weight excluding hydrogens is 414 g/mol. The molecule has 0 aromatic heterocycles. The second-order valence-electron chi connectivity index (χ2n) is 5.54. The van der Waals surface area contributed by atoms with Crippen LogP contribution in [0.2, 0.25) is 0 Å². The number of imide groups is 1. The van der Waals surface area contributed by atoms with Gasteiger partial charge in [0.25, 0.3) is 11.1 Å². The molecule has 0 atom stereocenters. The average Bonchev–Trinajstić information content (AvgIpc) is 2.90. The van der Waals surface area contributed by atoms with E-state index in [0.29, 0.717) is 17.3 Å². The molecule has 0 radical (unpaired) electrons. The summed E-state index contributed by atoms with van der Waals surface area (Å²) in [5, 5.41) is -0.289. The summed E-state index contributed by atoms with van der Waals surface area (Å²) in [5.74, 6) is 0.335. The fourth-order valence-electron chi connectivity index (χ4n) is 2.43. The van der Waals surface area contributed by atoms with Gasteiger partial charge in [-0.25, -0.2) is 0 Å². The third kappa shape index (κ3) is 4.26. The molecule has 1 saturated heterocycles. The largest absolute Gasteiger partial charge is 0.488 e. The van der Waals surface area contributed by atoms with Crippen LogP contribution in [-0.2, 0) is 11.4 Å². The second-order valence-corrected chi connectivity index (χ2v) is 7.45. The SMILES string of the molecule is C=CCN1C(=O)SC(=Cc2cc(Br)ccc2OCc2ccccc2)C1=O. The molecule has 0 aliphatic carbocycles. The summed E-state index contributed by atoms with van der Waals surface area (Å²) in [6, 6.07) is 15.4. The first-order chi connectivity index (χ1) is 12.6. The standard InChI is InChI=1S/C20H16BrNO3S/c1-2-10-22-19(23)18(26-20(22)24)12-15-11-16(21)8-9-17(15)25-13-14-6-4-3-5-7-14/h2-9,11-12H,1,10,13H2. The van der Waals surface area contributed by atoms with Crippen molar-refractivity contribution >= 4 is 44.9 Å². The molecule has 2 aromatic carbocycles. The molecule has 4 nitrogen and oxygen atoms in total. The van der Waals surface area contributed by atoms with Crippen LogP contribution < -0.4 is 4.74 Å². The Balaban J connectivity index is 1.85. The number of halogens is 1. The highest BCUT2D eigenvalue weighted by Gasteiger charge is 2.34. The van der Waals surface area contributed by atoms with Crippen molar-refractivity contribution in [3.05, 3.63) is 81.7 Å². The molecule has 3 rings (SSSR count). The number of thioether (sulfide) groups is 1. The average molecular weight is 430 g/mol. The number of nitrogens with zero attached hydrogens (tertiary/aromatic N) is 1. The van der Waals surface area contributed by atoms with Crippen LogP contribution in [0.15, 0.2) is 70.6 Å². The number of benzene rings is 2. The summed E-state index contributed by atoms with van der Waals surface area (Å²) in [6.45, 7) is 4.20. The summed E-state index contributed by atoms with van der Waals surface area (Å²) < 4.78 is 6.79. The van der Waals surface area contributed by atoms with Crippen LogP contribution in [0.3, 0.4) is 0 Å². The summed E-state index contributed by atoms with van der Waals surface area (Å²) in [6.07, 6.45) is 3.23.